The van der Waals surface area contributed by atoms with Crippen LogP contribution < -0.4 is 19.1 Å². The Balaban J connectivity index is 1.77. The second kappa shape index (κ2) is 15.5. The summed E-state index contributed by atoms with van der Waals surface area (Å²) in [6, 6.07) is 17.4. The van der Waals surface area contributed by atoms with Gasteiger partial charge in [0.1, 0.15) is 24.1 Å². The van der Waals surface area contributed by atoms with Crippen molar-refractivity contribution in [1.82, 2.24) is 10.2 Å². The van der Waals surface area contributed by atoms with Gasteiger partial charge < -0.3 is 19.7 Å². The molecule has 0 spiro atoms. The van der Waals surface area contributed by atoms with Crippen LogP contribution in [0.15, 0.2) is 71.6 Å². The van der Waals surface area contributed by atoms with Crippen LogP contribution in [0, 0.1) is 6.92 Å². The van der Waals surface area contributed by atoms with Crippen LogP contribution in [0.3, 0.4) is 0 Å². The highest BCUT2D eigenvalue weighted by Crippen LogP contribution is 2.35. The smallest absolute Gasteiger partial charge is 0.264 e. The molecule has 1 aliphatic rings. The van der Waals surface area contributed by atoms with Crippen LogP contribution in [0.25, 0.3) is 0 Å². The number of methoxy groups -OCH3 is 2. The number of carbonyl (C=O) groups excluding carboxylic acids is 2. The van der Waals surface area contributed by atoms with Gasteiger partial charge in [-0.15, -0.1) is 0 Å². The number of ether oxygens (including phenoxy) is 2. The minimum absolute atomic E-state index is 0.00403. The predicted molar refractivity (Wildman–Crippen MR) is 176 cm³/mol. The third kappa shape index (κ3) is 8.49. The molecule has 0 bridgehead atoms. The zero-order valence-corrected chi connectivity index (χ0v) is 27.9. The van der Waals surface area contributed by atoms with E-state index in [1.54, 1.807) is 43.5 Å². The van der Waals surface area contributed by atoms with Crippen molar-refractivity contribution in [1.29, 1.82) is 0 Å². The number of carbonyl (C=O) groups is 2. The lowest BCUT2D eigenvalue weighted by Gasteiger charge is -2.34. The second-order valence-corrected chi connectivity index (χ2v) is 13.6. The number of halogens is 1. The van der Waals surface area contributed by atoms with Crippen LogP contribution in [0.5, 0.6) is 11.5 Å². The minimum Gasteiger partial charge on any atom is -0.497 e. The Bertz CT molecular complexity index is 1570. The first-order chi connectivity index (χ1) is 21.6. The Kier molecular flexibility index (Phi) is 11.7. The molecule has 1 aliphatic carbocycles. The van der Waals surface area contributed by atoms with E-state index in [0.29, 0.717) is 12.2 Å². The highest BCUT2D eigenvalue weighted by Gasteiger charge is 2.35. The summed E-state index contributed by atoms with van der Waals surface area (Å²) in [7, 11) is -1.31. The molecule has 0 unspecified atom stereocenters. The summed E-state index contributed by atoms with van der Waals surface area (Å²) in [5.41, 5.74) is 1.73. The quantitative estimate of drug-likeness (QED) is 0.238. The van der Waals surface area contributed by atoms with E-state index in [1.165, 1.54) is 30.2 Å². The summed E-state index contributed by atoms with van der Waals surface area (Å²) < 4.78 is 40.4. The molecule has 4 rings (SSSR count). The molecule has 0 aromatic heterocycles. The molecule has 9 nitrogen and oxygen atoms in total. The van der Waals surface area contributed by atoms with E-state index in [0.717, 1.165) is 47.5 Å². The summed E-state index contributed by atoms with van der Waals surface area (Å²) in [5, 5.41) is 3.43. The minimum atomic E-state index is -4.28. The summed E-state index contributed by atoms with van der Waals surface area (Å²) in [6.45, 7) is 3.18. The van der Waals surface area contributed by atoms with Gasteiger partial charge in [0.15, 0.2) is 0 Å². The highest BCUT2D eigenvalue weighted by atomic mass is 35.5. The van der Waals surface area contributed by atoms with Gasteiger partial charge in [-0.1, -0.05) is 67.6 Å². The van der Waals surface area contributed by atoms with Gasteiger partial charge in [0.2, 0.25) is 11.8 Å². The molecule has 1 atom stereocenters. The second-order valence-electron chi connectivity index (χ2n) is 11.3. The first kappa shape index (κ1) is 34.1. The lowest BCUT2D eigenvalue weighted by Crippen LogP contribution is -2.54. The summed E-state index contributed by atoms with van der Waals surface area (Å²) in [6.07, 6.45) is 5.34. The number of sulfonamides is 1. The molecule has 3 aromatic rings. The van der Waals surface area contributed by atoms with E-state index in [-0.39, 0.29) is 39.8 Å². The Morgan fingerprint density at radius 2 is 1.69 bits per heavy atom. The molecule has 2 amide bonds. The van der Waals surface area contributed by atoms with E-state index < -0.39 is 28.5 Å². The number of benzene rings is 3. The summed E-state index contributed by atoms with van der Waals surface area (Å²) >= 11 is 6.34. The number of aryl methyl sites for hydroxylation is 1. The Morgan fingerprint density at radius 1 is 0.978 bits per heavy atom. The molecule has 1 fully saturated rings. The van der Waals surface area contributed by atoms with Crippen LogP contribution in [-0.2, 0) is 26.2 Å². The molecule has 11 heteroatoms. The first-order valence-electron chi connectivity index (χ1n) is 15.2. The van der Waals surface area contributed by atoms with E-state index in [1.807, 2.05) is 26.0 Å². The maximum Gasteiger partial charge on any atom is 0.264 e. The molecular weight excluding hydrogens is 614 g/mol. The van der Waals surface area contributed by atoms with Crippen molar-refractivity contribution in [3.8, 4) is 11.5 Å². The molecule has 0 heterocycles. The SMILES string of the molecule is CC[C@H](C(=O)NC1CCCCC1)N(Cc1cccc(OC)c1)C(=O)CN(c1cc(Cl)ccc1OC)S(=O)(=O)c1ccc(C)cc1. The number of hydrogen-bond acceptors (Lipinski definition) is 6. The van der Waals surface area contributed by atoms with Crippen molar-refractivity contribution < 1.29 is 27.5 Å². The Hall–Kier alpha value is -3.76. The number of nitrogens with zero attached hydrogens (tertiary/aromatic N) is 2. The topological polar surface area (TPSA) is 105 Å². The summed E-state index contributed by atoms with van der Waals surface area (Å²) in [5.74, 6) is 0.0197. The molecule has 0 aliphatic heterocycles. The normalized spacial score (nSPS) is 14.3. The van der Waals surface area contributed by atoms with Gasteiger partial charge >= 0.3 is 0 Å². The third-order valence-corrected chi connectivity index (χ3v) is 10.1. The van der Waals surface area contributed by atoms with Crippen molar-refractivity contribution in [3.63, 3.8) is 0 Å². The van der Waals surface area contributed by atoms with E-state index in [2.05, 4.69) is 5.32 Å². The molecule has 45 heavy (non-hydrogen) atoms. The van der Waals surface area contributed by atoms with Crippen molar-refractivity contribution in [3.05, 3.63) is 82.9 Å². The van der Waals surface area contributed by atoms with E-state index >= 15 is 0 Å². The van der Waals surface area contributed by atoms with Crippen LogP contribution in [0.2, 0.25) is 5.02 Å². The van der Waals surface area contributed by atoms with E-state index in [9.17, 15) is 18.0 Å². The van der Waals surface area contributed by atoms with Crippen molar-refractivity contribution >= 4 is 39.1 Å². The maximum absolute atomic E-state index is 14.4. The summed E-state index contributed by atoms with van der Waals surface area (Å²) in [4.78, 5) is 29.7. The number of amides is 2. The van der Waals surface area contributed by atoms with Crippen LogP contribution in [0.1, 0.15) is 56.6 Å². The average molecular weight is 656 g/mol. The number of rotatable bonds is 13. The van der Waals surface area contributed by atoms with Gasteiger partial charge in [-0.3, -0.25) is 13.9 Å². The zero-order valence-electron chi connectivity index (χ0n) is 26.3. The Morgan fingerprint density at radius 3 is 2.33 bits per heavy atom. The monoisotopic (exact) mass is 655 g/mol. The first-order valence-corrected chi connectivity index (χ1v) is 17.0. The molecule has 1 saturated carbocycles. The van der Waals surface area contributed by atoms with Gasteiger partial charge in [0, 0.05) is 17.6 Å². The van der Waals surface area contributed by atoms with Gasteiger partial charge in [-0.25, -0.2) is 8.42 Å². The van der Waals surface area contributed by atoms with E-state index in [4.69, 9.17) is 21.1 Å². The highest BCUT2D eigenvalue weighted by molar-refractivity contribution is 7.92. The average Bonchev–Trinajstić information content (AvgIpc) is 3.04. The van der Waals surface area contributed by atoms with Crippen molar-refractivity contribution in [2.75, 3.05) is 25.1 Å². The van der Waals surface area contributed by atoms with Gasteiger partial charge in [0.05, 0.1) is 24.8 Å². The molecule has 3 aromatic carbocycles. The third-order valence-electron chi connectivity index (χ3n) is 8.12. The van der Waals surface area contributed by atoms with Gasteiger partial charge in [-0.2, -0.15) is 0 Å². The zero-order chi connectivity index (χ0) is 32.6. The fraction of sp³-hybridized carbons (Fsp3) is 0.412. The molecule has 0 saturated heterocycles. The van der Waals surface area contributed by atoms with Crippen molar-refractivity contribution in [2.24, 2.45) is 0 Å². The molecule has 0 radical (unpaired) electrons. The van der Waals surface area contributed by atoms with Gasteiger partial charge in [0.25, 0.3) is 10.0 Å². The largest absolute Gasteiger partial charge is 0.497 e. The Labute approximate surface area is 271 Å². The molecule has 1 N–H and O–H groups in total. The standard InChI is InChI=1S/C34H42ClN3O6S/c1-5-30(34(40)36-27-11-7-6-8-12-27)37(22-25-10-9-13-28(20-25)43-3)33(39)23-38(31-21-26(35)16-19-32(31)44-4)45(41,42)29-17-14-24(2)15-18-29/h9-10,13-21,27,30H,5-8,11-12,22-23H2,1-4H3,(H,36,40)/t30-/m1/s1. The molecular formula is C34H42ClN3O6S. The fourth-order valence-corrected chi connectivity index (χ4v) is 7.22. The number of hydrogen-bond donors (Lipinski definition) is 1. The van der Waals surface area contributed by atoms with Crippen LogP contribution >= 0.6 is 11.6 Å². The van der Waals surface area contributed by atoms with Crippen LogP contribution in [-0.4, -0.2) is 58.0 Å². The van der Waals surface area contributed by atoms with Gasteiger partial charge in [-0.05, 0) is 74.2 Å². The fourth-order valence-electron chi connectivity index (χ4n) is 5.64. The van der Waals surface area contributed by atoms with Crippen LogP contribution in [0.4, 0.5) is 5.69 Å². The lowest BCUT2D eigenvalue weighted by atomic mass is 9.95. The lowest BCUT2D eigenvalue weighted by molar-refractivity contribution is -0.140. The predicted octanol–water partition coefficient (Wildman–Crippen LogP) is 6.12. The molecule has 242 valence electrons. The maximum atomic E-state index is 14.4. The number of anilines is 1. The van der Waals surface area contributed by atoms with Crippen molar-refractivity contribution in [2.45, 2.75) is 75.9 Å². The number of nitrogens with one attached hydrogen (secondary N) is 1.